The van der Waals surface area contributed by atoms with Crippen molar-refractivity contribution >= 4 is 21.8 Å². The molecule has 0 fully saturated rings. The predicted molar refractivity (Wildman–Crippen MR) is 88.1 cm³/mol. The summed E-state index contributed by atoms with van der Waals surface area (Å²) in [5, 5.41) is 2.35. The number of hydrogen-bond donors (Lipinski definition) is 0. The van der Waals surface area contributed by atoms with E-state index in [1.165, 1.54) is 22.0 Å². The van der Waals surface area contributed by atoms with Crippen LogP contribution in [0.2, 0.25) is 0 Å². The Balaban J connectivity index is 2.08. The summed E-state index contributed by atoms with van der Waals surface area (Å²) in [5.74, 6) is 1.90. The number of pyridine rings is 1. The van der Waals surface area contributed by atoms with Crippen molar-refractivity contribution in [2.45, 2.75) is 0 Å². The third-order valence-corrected chi connectivity index (χ3v) is 4.53. The molecule has 0 amide bonds. The van der Waals surface area contributed by atoms with Crippen LogP contribution in [0.4, 0.5) is 0 Å². The summed E-state index contributed by atoms with van der Waals surface area (Å²) < 4.78 is 8.55. The lowest BCUT2D eigenvalue weighted by Gasteiger charge is -2.21. The van der Waals surface area contributed by atoms with Gasteiger partial charge in [-0.25, -0.2) is 0 Å². The SMILES string of the molecule is C[n+]1c2ccccc2c2c3c(cccc31)-c1ccccc1O2. The van der Waals surface area contributed by atoms with E-state index in [4.69, 9.17) is 4.74 Å². The summed E-state index contributed by atoms with van der Waals surface area (Å²) >= 11 is 0. The third-order valence-electron chi connectivity index (χ3n) is 4.53. The van der Waals surface area contributed by atoms with Crippen molar-refractivity contribution in [2.75, 3.05) is 0 Å². The molecule has 104 valence electrons. The first-order valence-corrected chi connectivity index (χ1v) is 7.45. The van der Waals surface area contributed by atoms with Gasteiger partial charge < -0.3 is 4.74 Å². The maximum absolute atomic E-state index is 6.30. The van der Waals surface area contributed by atoms with Crippen LogP contribution < -0.4 is 9.30 Å². The number of aromatic nitrogens is 1. The summed E-state index contributed by atoms with van der Waals surface area (Å²) in [6.07, 6.45) is 0. The van der Waals surface area contributed by atoms with Gasteiger partial charge in [-0.05, 0) is 12.1 Å². The predicted octanol–water partition coefficient (Wildman–Crippen LogP) is 4.59. The molecule has 0 saturated carbocycles. The fraction of sp³-hybridized carbons (Fsp3) is 0.0500. The standard InChI is InChI=1S/C20H14NO/c1-21-16-10-4-2-8-15(16)20-19-14(9-6-11-17(19)21)13-7-3-5-12-18(13)22-20/h2-12H,1H3/q+1. The van der Waals surface area contributed by atoms with Crippen LogP contribution in [-0.2, 0) is 7.05 Å². The molecule has 0 bridgehead atoms. The van der Waals surface area contributed by atoms with E-state index in [1.807, 2.05) is 12.1 Å². The van der Waals surface area contributed by atoms with Crippen LogP contribution >= 0.6 is 0 Å². The number of fused-ring (bicyclic) bond motifs is 4. The molecule has 1 aromatic heterocycles. The lowest BCUT2D eigenvalue weighted by molar-refractivity contribution is -0.617. The van der Waals surface area contributed by atoms with E-state index in [0.29, 0.717) is 0 Å². The number of nitrogens with zero attached hydrogens (tertiary/aromatic N) is 1. The highest BCUT2D eigenvalue weighted by atomic mass is 16.5. The molecule has 2 heterocycles. The first kappa shape index (κ1) is 11.8. The summed E-state index contributed by atoms with van der Waals surface area (Å²) in [5.41, 5.74) is 4.79. The van der Waals surface area contributed by atoms with Gasteiger partial charge in [-0.3, -0.25) is 0 Å². The molecular weight excluding hydrogens is 270 g/mol. The number of para-hydroxylation sites is 2. The molecule has 4 aromatic rings. The van der Waals surface area contributed by atoms with E-state index in [1.54, 1.807) is 0 Å². The zero-order chi connectivity index (χ0) is 14.7. The van der Waals surface area contributed by atoms with E-state index < -0.39 is 0 Å². The van der Waals surface area contributed by atoms with Gasteiger partial charge in [-0.1, -0.05) is 42.5 Å². The lowest BCUT2D eigenvalue weighted by atomic mass is 9.95. The molecule has 0 saturated heterocycles. The minimum atomic E-state index is 0.932. The Morgan fingerprint density at radius 1 is 0.727 bits per heavy atom. The quantitative estimate of drug-likeness (QED) is 0.299. The van der Waals surface area contributed by atoms with E-state index >= 15 is 0 Å². The topological polar surface area (TPSA) is 13.1 Å². The van der Waals surface area contributed by atoms with Crippen molar-refractivity contribution in [3.05, 3.63) is 66.7 Å². The smallest absolute Gasteiger partial charge is 0.217 e. The Morgan fingerprint density at radius 3 is 2.41 bits per heavy atom. The second-order valence-corrected chi connectivity index (χ2v) is 5.70. The Morgan fingerprint density at radius 2 is 1.45 bits per heavy atom. The molecular formula is C20H14NO+. The monoisotopic (exact) mass is 284 g/mol. The molecule has 5 rings (SSSR count). The highest BCUT2D eigenvalue weighted by Crippen LogP contribution is 2.47. The molecule has 2 nitrogen and oxygen atoms in total. The van der Waals surface area contributed by atoms with E-state index in [-0.39, 0.29) is 0 Å². The Bertz CT molecular complexity index is 1070. The fourth-order valence-corrected chi connectivity index (χ4v) is 3.50. The van der Waals surface area contributed by atoms with Crippen LogP contribution in [0, 0.1) is 0 Å². The number of hydrogen-bond acceptors (Lipinski definition) is 1. The number of benzene rings is 3. The summed E-state index contributed by atoms with van der Waals surface area (Å²) in [6, 6.07) is 23.1. The molecule has 0 radical (unpaired) electrons. The van der Waals surface area contributed by atoms with Crippen LogP contribution in [0.5, 0.6) is 11.5 Å². The molecule has 3 aromatic carbocycles. The second kappa shape index (κ2) is 4.08. The van der Waals surface area contributed by atoms with Gasteiger partial charge in [0.25, 0.3) is 0 Å². The normalized spacial score (nSPS) is 12.2. The maximum Gasteiger partial charge on any atom is 0.217 e. The number of ether oxygens (including phenoxy) is 1. The molecule has 2 heteroatoms. The Labute approximate surface area is 128 Å². The molecule has 0 N–H and O–H groups in total. The van der Waals surface area contributed by atoms with Crippen molar-refractivity contribution in [1.82, 2.24) is 0 Å². The van der Waals surface area contributed by atoms with Crippen LogP contribution in [0.3, 0.4) is 0 Å². The number of aryl methyl sites for hydroxylation is 1. The highest BCUT2D eigenvalue weighted by Gasteiger charge is 2.26. The van der Waals surface area contributed by atoms with Gasteiger partial charge in [0.1, 0.15) is 12.8 Å². The summed E-state index contributed by atoms with van der Waals surface area (Å²) in [7, 11) is 2.12. The van der Waals surface area contributed by atoms with Gasteiger partial charge in [0, 0.05) is 23.3 Å². The Hall–Kier alpha value is -2.87. The van der Waals surface area contributed by atoms with Gasteiger partial charge in [0.2, 0.25) is 11.0 Å². The van der Waals surface area contributed by atoms with E-state index in [2.05, 4.69) is 66.2 Å². The molecule has 1 aliphatic heterocycles. The van der Waals surface area contributed by atoms with Crippen molar-refractivity contribution in [3.63, 3.8) is 0 Å². The van der Waals surface area contributed by atoms with Crippen LogP contribution in [0.1, 0.15) is 0 Å². The highest BCUT2D eigenvalue weighted by molar-refractivity contribution is 6.08. The zero-order valence-corrected chi connectivity index (χ0v) is 12.2. The Kier molecular flexibility index (Phi) is 2.18. The third kappa shape index (κ3) is 1.37. The van der Waals surface area contributed by atoms with Crippen LogP contribution in [0.25, 0.3) is 32.9 Å². The second-order valence-electron chi connectivity index (χ2n) is 5.70. The van der Waals surface area contributed by atoms with Crippen LogP contribution in [0.15, 0.2) is 66.7 Å². The van der Waals surface area contributed by atoms with Gasteiger partial charge >= 0.3 is 0 Å². The van der Waals surface area contributed by atoms with Gasteiger partial charge in [0.05, 0.1) is 10.8 Å². The average molecular weight is 284 g/mol. The average Bonchev–Trinajstić information content (AvgIpc) is 2.59. The molecule has 0 atom stereocenters. The van der Waals surface area contributed by atoms with Crippen molar-refractivity contribution < 1.29 is 9.30 Å². The van der Waals surface area contributed by atoms with Crippen molar-refractivity contribution in [3.8, 4) is 22.6 Å². The molecule has 0 aliphatic carbocycles. The van der Waals surface area contributed by atoms with Gasteiger partial charge in [-0.2, -0.15) is 4.57 Å². The first-order chi connectivity index (χ1) is 10.8. The molecule has 0 spiro atoms. The fourth-order valence-electron chi connectivity index (χ4n) is 3.50. The molecule has 1 aliphatic rings. The van der Waals surface area contributed by atoms with Crippen molar-refractivity contribution in [1.29, 1.82) is 0 Å². The minimum Gasteiger partial charge on any atom is -0.455 e. The van der Waals surface area contributed by atoms with Gasteiger partial charge in [0.15, 0.2) is 5.75 Å². The summed E-state index contributed by atoms with van der Waals surface area (Å²) in [4.78, 5) is 0. The van der Waals surface area contributed by atoms with Crippen molar-refractivity contribution in [2.24, 2.45) is 7.05 Å². The summed E-state index contributed by atoms with van der Waals surface area (Å²) in [6.45, 7) is 0. The molecule has 0 unspecified atom stereocenters. The zero-order valence-electron chi connectivity index (χ0n) is 12.2. The molecule has 22 heavy (non-hydrogen) atoms. The van der Waals surface area contributed by atoms with Crippen LogP contribution in [-0.4, -0.2) is 0 Å². The first-order valence-electron chi connectivity index (χ1n) is 7.45. The lowest BCUT2D eigenvalue weighted by Crippen LogP contribution is -2.30. The van der Waals surface area contributed by atoms with E-state index in [9.17, 15) is 0 Å². The maximum atomic E-state index is 6.30. The minimum absolute atomic E-state index is 0.932. The van der Waals surface area contributed by atoms with Gasteiger partial charge in [-0.15, -0.1) is 0 Å². The number of rotatable bonds is 0. The largest absolute Gasteiger partial charge is 0.455 e. The van der Waals surface area contributed by atoms with E-state index in [0.717, 1.165) is 22.4 Å².